The van der Waals surface area contributed by atoms with Crippen LogP contribution in [0.2, 0.25) is 0 Å². The summed E-state index contributed by atoms with van der Waals surface area (Å²) in [5.74, 6) is 0. The number of hydrogen-bond acceptors (Lipinski definition) is 3. The van der Waals surface area contributed by atoms with E-state index in [2.05, 4.69) is 90.5 Å². The molecule has 0 radical (unpaired) electrons. The fourth-order valence-corrected chi connectivity index (χ4v) is 3.96. The Morgan fingerprint density at radius 2 is 1.62 bits per heavy atom. The van der Waals surface area contributed by atoms with Crippen LogP contribution in [0.4, 0.5) is 0 Å². The monoisotopic (exact) mass is 378 g/mol. The molecule has 3 aromatic heterocycles. The lowest BCUT2D eigenvalue weighted by atomic mass is 9.78. The molecule has 0 bridgehead atoms. The van der Waals surface area contributed by atoms with Crippen molar-refractivity contribution in [3.8, 4) is 11.3 Å². The van der Waals surface area contributed by atoms with Crippen LogP contribution in [0, 0.1) is 6.92 Å². The van der Waals surface area contributed by atoms with E-state index in [9.17, 15) is 0 Å². The Labute approximate surface area is 170 Å². The van der Waals surface area contributed by atoms with E-state index in [0.717, 1.165) is 33.3 Å². The van der Waals surface area contributed by atoms with Gasteiger partial charge in [0.15, 0.2) is 0 Å². The van der Waals surface area contributed by atoms with E-state index in [1.165, 1.54) is 11.1 Å². The summed E-state index contributed by atoms with van der Waals surface area (Å²) in [6, 6.07) is 25.2. The van der Waals surface area contributed by atoms with Gasteiger partial charge in [-0.15, -0.1) is 0 Å². The number of para-hydroxylation sites is 1. The molecule has 5 aromatic rings. The topological polar surface area (TPSA) is 38.9 Å². The van der Waals surface area contributed by atoms with Crippen molar-refractivity contribution >= 4 is 22.1 Å². The minimum atomic E-state index is -0.126. The first kappa shape index (κ1) is 17.6. The van der Waals surface area contributed by atoms with Gasteiger partial charge >= 0.3 is 0 Å². The number of hydrogen-bond donors (Lipinski definition) is 0. The van der Waals surface area contributed by atoms with Gasteiger partial charge in [-0.05, 0) is 48.4 Å². The molecule has 0 saturated heterocycles. The summed E-state index contributed by atoms with van der Waals surface area (Å²) in [7, 11) is 0. The maximum Gasteiger partial charge on any atom is 0.227 e. The summed E-state index contributed by atoms with van der Waals surface area (Å²) in [5, 5.41) is 2.10. The lowest BCUT2D eigenvalue weighted by Gasteiger charge is -2.26. The van der Waals surface area contributed by atoms with Crippen molar-refractivity contribution in [1.82, 2.24) is 9.97 Å². The van der Waals surface area contributed by atoms with Crippen LogP contribution in [0.1, 0.15) is 30.7 Å². The maximum atomic E-state index is 6.18. The molecule has 0 aliphatic carbocycles. The molecule has 5 rings (SSSR count). The molecule has 0 atom stereocenters. The number of pyridine rings is 2. The van der Waals surface area contributed by atoms with Crippen LogP contribution >= 0.6 is 0 Å². The van der Waals surface area contributed by atoms with E-state index in [4.69, 9.17) is 4.42 Å². The number of benzene rings is 2. The van der Waals surface area contributed by atoms with Crippen LogP contribution in [0.3, 0.4) is 0 Å². The van der Waals surface area contributed by atoms with Crippen LogP contribution in [0.5, 0.6) is 0 Å². The van der Waals surface area contributed by atoms with Gasteiger partial charge in [-0.1, -0.05) is 56.3 Å². The average Bonchev–Trinajstić information content (AvgIpc) is 3.12. The molecule has 0 unspecified atom stereocenters. The molecule has 0 N–H and O–H groups in total. The van der Waals surface area contributed by atoms with Gasteiger partial charge < -0.3 is 4.42 Å². The van der Waals surface area contributed by atoms with Crippen molar-refractivity contribution < 1.29 is 4.42 Å². The predicted octanol–water partition coefficient (Wildman–Crippen LogP) is 6.68. The first-order valence-electron chi connectivity index (χ1n) is 9.85. The van der Waals surface area contributed by atoms with E-state index in [0.29, 0.717) is 5.71 Å². The molecule has 0 aliphatic rings. The Balaban J connectivity index is 1.68. The van der Waals surface area contributed by atoms with Crippen molar-refractivity contribution in [2.24, 2.45) is 0 Å². The lowest BCUT2D eigenvalue weighted by molar-refractivity contribution is 0.639. The number of rotatable bonds is 3. The number of aromatic nitrogens is 2. The van der Waals surface area contributed by atoms with Gasteiger partial charge in [0.1, 0.15) is 5.58 Å². The van der Waals surface area contributed by atoms with Crippen molar-refractivity contribution in [2.75, 3.05) is 0 Å². The molecule has 3 heteroatoms. The Morgan fingerprint density at radius 3 is 2.45 bits per heavy atom. The molecule has 0 aliphatic heterocycles. The first-order chi connectivity index (χ1) is 14.0. The molecule has 0 spiro atoms. The highest BCUT2D eigenvalue weighted by molar-refractivity contribution is 6.08. The van der Waals surface area contributed by atoms with E-state index in [1.54, 1.807) is 0 Å². The molecular weight excluding hydrogens is 356 g/mol. The maximum absolute atomic E-state index is 6.18. The summed E-state index contributed by atoms with van der Waals surface area (Å²) >= 11 is 0. The Bertz CT molecular complexity index is 1330. The Morgan fingerprint density at radius 1 is 0.793 bits per heavy atom. The highest BCUT2D eigenvalue weighted by atomic mass is 16.3. The molecule has 142 valence electrons. The van der Waals surface area contributed by atoms with Crippen molar-refractivity contribution in [3.63, 3.8) is 0 Å². The van der Waals surface area contributed by atoms with Gasteiger partial charge in [-0.2, -0.15) is 0 Å². The second kappa shape index (κ2) is 6.56. The van der Waals surface area contributed by atoms with Gasteiger partial charge in [0.2, 0.25) is 5.71 Å². The zero-order chi connectivity index (χ0) is 20.0. The van der Waals surface area contributed by atoms with Crippen LogP contribution in [-0.4, -0.2) is 9.97 Å². The van der Waals surface area contributed by atoms with Gasteiger partial charge in [0, 0.05) is 33.6 Å². The standard InChI is InChI=1S/C26H22N2O/c1-17-12-13-21-20-10-7-11-22(24(20)29-25(21)28-17)23-16-19(14-15-27-23)26(2,3)18-8-5-4-6-9-18/h4-16H,1-3H3. The van der Waals surface area contributed by atoms with Gasteiger partial charge in [0.05, 0.1) is 5.69 Å². The molecule has 3 nitrogen and oxygen atoms in total. The summed E-state index contributed by atoms with van der Waals surface area (Å²) in [6.07, 6.45) is 1.89. The minimum absolute atomic E-state index is 0.126. The highest BCUT2D eigenvalue weighted by Gasteiger charge is 2.24. The third-order valence-corrected chi connectivity index (χ3v) is 5.76. The fraction of sp³-hybridized carbons (Fsp3) is 0.154. The fourth-order valence-electron chi connectivity index (χ4n) is 3.96. The van der Waals surface area contributed by atoms with E-state index in [-0.39, 0.29) is 5.41 Å². The molecule has 0 fully saturated rings. The largest absolute Gasteiger partial charge is 0.437 e. The third kappa shape index (κ3) is 2.90. The number of aryl methyl sites for hydroxylation is 1. The normalized spacial score (nSPS) is 12.0. The van der Waals surface area contributed by atoms with Crippen molar-refractivity contribution in [3.05, 3.63) is 95.8 Å². The van der Waals surface area contributed by atoms with Crippen LogP contribution in [-0.2, 0) is 5.41 Å². The molecule has 3 heterocycles. The smallest absolute Gasteiger partial charge is 0.227 e. The van der Waals surface area contributed by atoms with E-state index < -0.39 is 0 Å². The molecule has 0 saturated carbocycles. The number of nitrogens with zero attached hydrogens (tertiary/aromatic N) is 2. The third-order valence-electron chi connectivity index (χ3n) is 5.76. The predicted molar refractivity (Wildman–Crippen MR) is 118 cm³/mol. The van der Waals surface area contributed by atoms with Crippen LogP contribution in [0.25, 0.3) is 33.3 Å². The first-order valence-corrected chi connectivity index (χ1v) is 9.85. The van der Waals surface area contributed by atoms with Crippen LogP contribution in [0.15, 0.2) is 83.4 Å². The zero-order valence-corrected chi connectivity index (χ0v) is 16.8. The molecular formula is C26H22N2O. The van der Waals surface area contributed by atoms with E-state index >= 15 is 0 Å². The molecule has 29 heavy (non-hydrogen) atoms. The van der Waals surface area contributed by atoms with E-state index in [1.807, 2.05) is 19.2 Å². The Hall–Kier alpha value is -3.46. The van der Waals surface area contributed by atoms with Crippen LogP contribution < -0.4 is 0 Å². The lowest BCUT2D eigenvalue weighted by Crippen LogP contribution is -2.18. The Kier molecular flexibility index (Phi) is 3.99. The van der Waals surface area contributed by atoms with Gasteiger partial charge in [0.25, 0.3) is 0 Å². The number of fused-ring (bicyclic) bond motifs is 3. The molecule has 0 amide bonds. The van der Waals surface area contributed by atoms with Gasteiger partial charge in [-0.3, -0.25) is 4.98 Å². The number of furan rings is 1. The summed E-state index contributed by atoms with van der Waals surface area (Å²) in [6.45, 7) is 6.47. The SMILES string of the molecule is Cc1ccc2c(n1)oc1c(-c3cc(C(C)(C)c4ccccc4)ccn3)cccc12. The zero-order valence-electron chi connectivity index (χ0n) is 16.8. The van der Waals surface area contributed by atoms with Crippen molar-refractivity contribution in [1.29, 1.82) is 0 Å². The summed E-state index contributed by atoms with van der Waals surface area (Å²) in [5.41, 5.74) is 6.73. The molecule has 2 aromatic carbocycles. The second-order valence-corrected chi connectivity index (χ2v) is 8.01. The average molecular weight is 378 g/mol. The van der Waals surface area contributed by atoms with Crippen molar-refractivity contribution in [2.45, 2.75) is 26.2 Å². The van der Waals surface area contributed by atoms with Gasteiger partial charge in [-0.25, -0.2) is 4.98 Å². The highest BCUT2D eigenvalue weighted by Crippen LogP contribution is 2.37. The summed E-state index contributed by atoms with van der Waals surface area (Å²) in [4.78, 5) is 9.23. The second-order valence-electron chi connectivity index (χ2n) is 8.01. The minimum Gasteiger partial charge on any atom is -0.437 e. The quantitative estimate of drug-likeness (QED) is 0.351. The summed E-state index contributed by atoms with van der Waals surface area (Å²) < 4.78 is 6.18.